The number of amides is 4. The molecule has 0 N–H and O–H groups in total. The van der Waals surface area contributed by atoms with Crippen molar-refractivity contribution in [1.29, 1.82) is 0 Å². The minimum Gasteiger partial charge on any atom is -0.322 e. The average Bonchev–Trinajstić information content (AvgIpc) is 2.48. The van der Waals surface area contributed by atoms with Crippen LogP contribution in [0.25, 0.3) is 0 Å². The summed E-state index contributed by atoms with van der Waals surface area (Å²) in [5, 5.41) is 6.21. The molecule has 0 radical (unpaired) electrons. The summed E-state index contributed by atoms with van der Waals surface area (Å²) in [4.78, 5) is 24.7. The molecule has 4 amide bonds. The molecule has 118 valence electrons. The van der Waals surface area contributed by atoms with Crippen molar-refractivity contribution in [1.82, 2.24) is 9.80 Å². The molecule has 6 nitrogen and oxygen atoms in total. The molecule has 1 atom stereocenters. The van der Waals surface area contributed by atoms with Gasteiger partial charge in [0, 0.05) is 19.6 Å². The highest BCUT2D eigenvalue weighted by molar-refractivity contribution is 5.80. The molecule has 9 heteroatoms. The highest BCUT2D eigenvalue weighted by atomic mass is 19.3. The molecular weight excluding hydrogens is 289 g/mol. The minimum atomic E-state index is -3.90. The van der Waals surface area contributed by atoms with Crippen molar-refractivity contribution in [3.8, 4) is 0 Å². The van der Waals surface area contributed by atoms with Crippen molar-refractivity contribution in [2.45, 2.75) is 44.3 Å². The maximum absolute atomic E-state index is 13.5. The predicted octanol–water partition coefficient (Wildman–Crippen LogP) is 3.19. The minimum absolute atomic E-state index is 0.0359. The van der Waals surface area contributed by atoms with Crippen LogP contribution in [0.2, 0.25) is 0 Å². The molecule has 0 aromatic heterocycles. The molecule has 2 saturated heterocycles. The number of halogens is 3. The van der Waals surface area contributed by atoms with E-state index in [1.54, 1.807) is 0 Å². The number of azo groups is 1. The Bertz CT molecular complexity index is 438. The molecule has 2 heterocycles. The third-order valence-corrected chi connectivity index (χ3v) is 3.65. The van der Waals surface area contributed by atoms with Gasteiger partial charge < -0.3 is 4.90 Å². The lowest BCUT2D eigenvalue weighted by Gasteiger charge is -2.35. The summed E-state index contributed by atoms with van der Waals surface area (Å²) in [6.45, 7) is 0.722. The summed E-state index contributed by atoms with van der Waals surface area (Å²) < 4.78 is 40.2. The SMILES string of the molecule is O=C(N=NC(=O)N1CCCC(F)C1(F)F)N1CCCCC1. The summed E-state index contributed by atoms with van der Waals surface area (Å²) in [7, 11) is 0. The first-order valence-electron chi connectivity index (χ1n) is 6.97. The Morgan fingerprint density at radius 3 is 2.24 bits per heavy atom. The third kappa shape index (κ3) is 3.51. The second-order valence-electron chi connectivity index (χ2n) is 5.16. The maximum Gasteiger partial charge on any atom is 0.367 e. The van der Waals surface area contributed by atoms with E-state index in [9.17, 15) is 22.8 Å². The fourth-order valence-electron chi connectivity index (χ4n) is 2.43. The third-order valence-electron chi connectivity index (χ3n) is 3.65. The van der Waals surface area contributed by atoms with Crippen molar-refractivity contribution in [3.63, 3.8) is 0 Å². The van der Waals surface area contributed by atoms with E-state index in [2.05, 4.69) is 10.2 Å². The first kappa shape index (κ1) is 15.7. The maximum atomic E-state index is 13.5. The van der Waals surface area contributed by atoms with Crippen LogP contribution in [-0.4, -0.2) is 53.7 Å². The lowest BCUT2D eigenvalue weighted by atomic mass is 10.1. The van der Waals surface area contributed by atoms with Gasteiger partial charge in [0.1, 0.15) is 0 Å². The monoisotopic (exact) mass is 306 g/mol. The molecule has 0 bridgehead atoms. The lowest BCUT2D eigenvalue weighted by Crippen LogP contribution is -2.54. The van der Waals surface area contributed by atoms with E-state index in [1.165, 1.54) is 4.90 Å². The zero-order chi connectivity index (χ0) is 15.5. The van der Waals surface area contributed by atoms with E-state index >= 15 is 0 Å². The second-order valence-corrected chi connectivity index (χ2v) is 5.16. The van der Waals surface area contributed by atoms with Gasteiger partial charge in [-0.25, -0.2) is 14.0 Å². The van der Waals surface area contributed by atoms with Crippen molar-refractivity contribution in [2.75, 3.05) is 19.6 Å². The van der Waals surface area contributed by atoms with Crippen LogP contribution in [0.1, 0.15) is 32.1 Å². The van der Waals surface area contributed by atoms with Gasteiger partial charge in [-0.05, 0) is 32.1 Å². The fourth-order valence-corrected chi connectivity index (χ4v) is 2.43. The number of likely N-dealkylation sites (tertiary alicyclic amines) is 2. The Kier molecular flexibility index (Phi) is 4.79. The lowest BCUT2D eigenvalue weighted by molar-refractivity contribution is -0.185. The van der Waals surface area contributed by atoms with Crippen molar-refractivity contribution < 1.29 is 22.8 Å². The van der Waals surface area contributed by atoms with Gasteiger partial charge >= 0.3 is 18.1 Å². The van der Waals surface area contributed by atoms with Crippen LogP contribution in [0.15, 0.2) is 10.2 Å². The van der Waals surface area contributed by atoms with Crippen LogP contribution < -0.4 is 0 Å². The number of hydrogen-bond donors (Lipinski definition) is 0. The van der Waals surface area contributed by atoms with Crippen LogP contribution >= 0.6 is 0 Å². The van der Waals surface area contributed by atoms with Gasteiger partial charge in [0.25, 0.3) is 0 Å². The van der Waals surface area contributed by atoms with Gasteiger partial charge in [0.15, 0.2) is 6.17 Å². The number of urea groups is 2. The number of hydrogen-bond acceptors (Lipinski definition) is 2. The van der Waals surface area contributed by atoms with E-state index in [1.807, 2.05) is 0 Å². The molecule has 0 aliphatic carbocycles. The van der Waals surface area contributed by atoms with E-state index < -0.39 is 24.3 Å². The Balaban J connectivity index is 1.96. The van der Waals surface area contributed by atoms with Crippen LogP contribution in [0.5, 0.6) is 0 Å². The zero-order valence-electron chi connectivity index (χ0n) is 11.5. The van der Waals surface area contributed by atoms with E-state index in [4.69, 9.17) is 0 Å². The molecule has 0 aromatic rings. The molecule has 0 saturated carbocycles. The Labute approximate surface area is 120 Å². The first-order valence-corrected chi connectivity index (χ1v) is 6.97. The van der Waals surface area contributed by atoms with Crippen LogP contribution in [-0.2, 0) is 0 Å². The summed E-state index contributed by atoms with van der Waals surface area (Å²) in [5.74, 6) is 0. The fraction of sp³-hybridized carbons (Fsp3) is 0.833. The van der Waals surface area contributed by atoms with Gasteiger partial charge in [-0.1, -0.05) is 10.2 Å². The van der Waals surface area contributed by atoms with E-state index in [0.29, 0.717) is 13.1 Å². The number of carbonyl (C=O) groups excluding carboxylic acids is 2. The van der Waals surface area contributed by atoms with Crippen LogP contribution in [0, 0.1) is 0 Å². The van der Waals surface area contributed by atoms with Gasteiger partial charge in [-0.3, -0.25) is 4.90 Å². The highest BCUT2D eigenvalue weighted by Crippen LogP contribution is 2.34. The molecule has 2 aliphatic heterocycles. The average molecular weight is 306 g/mol. The highest BCUT2D eigenvalue weighted by Gasteiger charge is 2.51. The van der Waals surface area contributed by atoms with Crippen molar-refractivity contribution in [2.24, 2.45) is 10.2 Å². The van der Waals surface area contributed by atoms with Gasteiger partial charge in [-0.2, -0.15) is 8.78 Å². The van der Waals surface area contributed by atoms with Gasteiger partial charge in [0.05, 0.1) is 0 Å². The normalized spacial score (nSPS) is 26.1. The topological polar surface area (TPSA) is 65.3 Å². The van der Waals surface area contributed by atoms with E-state index in [0.717, 1.165) is 19.3 Å². The first-order chi connectivity index (χ1) is 9.93. The summed E-state index contributed by atoms with van der Waals surface area (Å²) in [5.41, 5.74) is 0. The van der Waals surface area contributed by atoms with Crippen LogP contribution in [0.4, 0.5) is 22.8 Å². The van der Waals surface area contributed by atoms with Crippen molar-refractivity contribution >= 4 is 12.1 Å². The number of alkyl halides is 3. The summed E-state index contributed by atoms with van der Waals surface area (Å²) in [6.07, 6.45) is 0.0886. The molecular formula is C12H17F3N4O2. The predicted molar refractivity (Wildman–Crippen MR) is 66.9 cm³/mol. The molecule has 0 aromatic carbocycles. The molecule has 2 aliphatic rings. The second kappa shape index (κ2) is 6.40. The molecule has 1 unspecified atom stereocenters. The molecule has 0 spiro atoms. The largest absolute Gasteiger partial charge is 0.367 e. The van der Waals surface area contributed by atoms with Gasteiger partial charge in [-0.15, -0.1) is 0 Å². The van der Waals surface area contributed by atoms with Gasteiger partial charge in [0.2, 0.25) is 0 Å². The molecule has 21 heavy (non-hydrogen) atoms. The smallest absolute Gasteiger partial charge is 0.322 e. The van der Waals surface area contributed by atoms with Crippen molar-refractivity contribution in [3.05, 3.63) is 0 Å². The van der Waals surface area contributed by atoms with Crippen LogP contribution in [0.3, 0.4) is 0 Å². The number of nitrogens with zero attached hydrogens (tertiary/aromatic N) is 4. The number of piperidine rings is 2. The Hall–Kier alpha value is -1.67. The Morgan fingerprint density at radius 1 is 0.952 bits per heavy atom. The molecule has 2 rings (SSSR count). The number of carbonyl (C=O) groups is 2. The molecule has 2 fully saturated rings. The summed E-state index contributed by atoms with van der Waals surface area (Å²) in [6, 6.07) is -6.00. The standard InChI is InChI=1S/C12H17F3N4O2/c13-9-5-4-8-19(12(9,14)15)11(21)17-16-10(20)18-6-2-1-3-7-18/h9H,1-8H2. The Morgan fingerprint density at radius 2 is 1.57 bits per heavy atom. The zero-order valence-corrected chi connectivity index (χ0v) is 11.5. The number of rotatable bonds is 0. The quantitative estimate of drug-likeness (QED) is 0.509. The van der Waals surface area contributed by atoms with E-state index in [-0.39, 0.29) is 24.3 Å². The summed E-state index contributed by atoms with van der Waals surface area (Å²) >= 11 is 0.